The molecule has 0 nitrogen and oxygen atoms in total. The van der Waals surface area contributed by atoms with Crippen LogP contribution in [0.2, 0.25) is 0 Å². The highest BCUT2D eigenvalue weighted by atomic mass is 35.5. The van der Waals surface area contributed by atoms with Crippen molar-refractivity contribution in [1.82, 2.24) is 0 Å². The molecule has 0 aliphatic rings. The predicted octanol–water partition coefficient (Wildman–Crippen LogP) is 5.62. The molecule has 0 fully saturated rings. The van der Waals surface area contributed by atoms with Gasteiger partial charge in [0.05, 0.1) is 4.49 Å². The second-order valence-electron chi connectivity index (χ2n) is 2.42. The van der Waals surface area contributed by atoms with E-state index in [1.54, 1.807) is 12.2 Å². The molecule has 0 aromatic heterocycles. The fraction of sp³-hybridized carbons (Fsp3) is 0. The van der Waals surface area contributed by atoms with Crippen molar-refractivity contribution in [2.75, 3.05) is 0 Å². The summed E-state index contributed by atoms with van der Waals surface area (Å²) in [5, 5.41) is 0. The van der Waals surface area contributed by atoms with Crippen LogP contribution < -0.4 is 0 Å². The van der Waals surface area contributed by atoms with Gasteiger partial charge in [-0.3, -0.25) is 0 Å². The van der Waals surface area contributed by atoms with E-state index in [0.717, 1.165) is 0 Å². The van der Waals surface area contributed by atoms with Crippen LogP contribution in [0.4, 0.5) is 0 Å². The number of halogens is 2. The standard InChI is InChI=1S/C8H8.C4H6.C2H2Cl2/c1-2-8-6-4-3-5-7-8;1-3-4-2;1-2(3)4/h2-7H,1H2;3-4H,1-2H2;1H2. The lowest BCUT2D eigenvalue weighted by atomic mass is 10.2. The highest BCUT2D eigenvalue weighted by molar-refractivity contribution is 6.55. The van der Waals surface area contributed by atoms with Gasteiger partial charge in [0.25, 0.3) is 0 Å². The summed E-state index contributed by atoms with van der Waals surface area (Å²) in [5.74, 6) is 0. The van der Waals surface area contributed by atoms with Crippen LogP contribution in [0.3, 0.4) is 0 Å². The van der Waals surface area contributed by atoms with E-state index in [1.165, 1.54) is 5.56 Å². The van der Waals surface area contributed by atoms with E-state index in [0.29, 0.717) is 0 Å². The Hall–Kier alpha value is -1.24. The molecule has 0 heterocycles. The number of allylic oxidation sites excluding steroid dienone is 2. The summed E-state index contributed by atoms with van der Waals surface area (Å²) in [6.07, 6.45) is 5.11. The van der Waals surface area contributed by atoms with Crippen molar-refractivity contribution < 1.29 is 0 Å². The highest BCUT2D eigenvalue weighted by Gasteiger charge is 1.75. The maximum atomic E-state index is 4.85. The van der Waals surface area contributed by atoms with Gasteiger partial charge in [-0.15, -0.1) is 0 Å². The number of hydrogen-bond acceptors (Lipinski definition) is 0. The van der Waals surface area contributed by atoms with E-state index in [-0.39, 0.29) is 4.49 Å². The van der Waals surface area contributed by atoms with Crippen molar-refractivity contribution in [3.63, 3.8) is 0 Å². The Morgan fingerprint density at radius 2 is 1.31 bits per heavy atom. The summed E-state index contributed by atoms with van der Waals surface area (Å²) in [6, 6.07) is 10.0. The highest BCUT2D eigenvalue weighted by Crippen LogP contribution is 1.98. The molecule has 0 saturated heterocycles. The van der Waals surface area contributed by atoms with Crippen molar-refractivity contribution in [3.05, 3.63) is 78.9 Å². The van der Waals surface area contributed by atoms with Crippen LogP contribution in [0.1, 0.15) is 5.56 Å². The Bertz CT molecular complexity index is 303. The quantitative estimate of drug-likeness (QED) is 0.601. The molecule has 0 aliphatic heterocycles. The SMILES string of the molecule is C=C(Cl)Cl.C=CC=C.C=Cc1ccccc1. The maximum absolute atomic E-state index is 4.85. The van der Waals surface area contributed by atoms with Gasteiger partial charge in [-0.2, -0.15) is 0 Å². The molecule has 1 rings (SSSR count). The fourth-order valence-corrected chi connectivity index (χ4v) is 0.589. The van der Waals surface area contributed by atoms with Crippen molar-refractivity contribution in [2.45, 2.75) is 0 Å². The van der Waals surface area contributed by atoms with E-state index in [1.807, 2.05) is 36.4 Å². The van der Waals surface area contributed by atoms with Gasteiger partial charge in [-0.1, -0.05) is 98.1 Å². The molecule has 1 aromatic rings. The van der Waals surface area contributed by atoms with Gasteiger partial charge >= 0.3 is 0 Å². The molecule has 16 heavy (non-hydrogen) atoms. The van der Waals surface area contributed by atoms with E-state index >= 15 is 0 Å². The molecule has 2 heteroatoms. The smallest absolute Gasteiger partial charge is 0.0991 e. The van der Waals surface area contributed by atoms with Crippen molar-refractivity contribution >= 4 is 29.3 Å². The Kier molecular flexibility index (Phi) is 14.8. The average molecular weight is 255 g/mol. The van der Waals surface area contributed by atoms with Crippen LogP contribution in [0.5, 0.6) is 0 Å². The summed E-state index contributed by atoms with van der Waals surface area (Å²) in [4.78, 5) is 0. The molecule has 0 saturated carbocycles. The third-order valence-electron chi connectivity index (χ3n) is 1.20. The maximum Gasteiger partial charge on any atom is 0.0992 e. The van der Waals surface area contributed by atoms with Crippen LogP contribution >= 0.6 is 23.2 Å². The molecule has 0 unspecified atom stereocenters. The molecule has 86 valence electrons. The Morgan fingerprint density at radius 3 is 1.50 bits per heavy atom. The number of rotatable bonds is 2. The summed E-state index contributed by atoms with van der Waals surface area (Å²) < 4.78 is 0.111. The van der Waals surface area contributed by atoms with Crippen molar-refractivity contribution in [2.24, 2.45) is 0 Å². The molecule has 0 spiro atoms. The van der Waals surface area contributed by atoms with E-state index in [2.05, 4.69) is 26.3 Å². The first-order valence-corrected chi connectivity index (χ1v) is 5.24. The van der Waals surface area contributed by atoms with E-state index in [4.69, 9.17) is 23.2 Å². The first-order chi connectivity index (χ1) is 7.58. The molecular weight excluding hydrogens is 239 g/mol. The zero-order valence-corrected chi connectivity index (χ0v) is 10.7. The number of benzene rings is 1. The third-order valence-corrected chi connectivity index (χ3v) is 1.20. The van der Waals surface area contributed by atoms with Crippen LogP contribution in [-0.4, -0.2) is 0 Å². The van der Waals surface area contributed by atoms with Gasteiger partial charge < -0.3 is 0 Å². The second kappa shape index (κ2) is 13.8. The predicted molar refractivity (Wildman–Crippen MR) is 77.8 cm³/mol. The molecule has 0 N–H and O–H groups in total. The third kappa shape index (κ3) is 18.5. The summed E-state index contributed by atoms with van der Waals surface area (Å²) in [6.45, 7) is 13.4. The Labute approximate surface area is 108 Å². The van der Waals surface area contributed by atoms with Crippen LogP contribution in [0.15, 0.2) is 73.3 Å². The van der Waals surface area contributed by atoms with Gasteiger partial charge in [0, 0.05) is 0 Å². The fourth-order valence-electron chi connectivity index (χ4n) is 0.589. The lowest BCUT2D eigenvalue weighted by Gasteiger charge is -1.85. The summed E-state index contributed by atoms with van der Waals surface area (Å²) >= 11 is 9.69. The van der Waals surface area contributed by atoms with E-state index in [9.17, 15) is 0 Å². The monoisotopic (exact) mass is 254 g/mol. The largest absolute Gasteiger partial charge is 0.0992 e. The lowest BCUT2D eigenvalue weighted by molar-refractivity contribution is 1.67. The molecule has 0 bridgehead atoms. The van der Waals surface area contributed by atoms with E-state index < -0.39 is 0 Å². The first kappa shape index (κ1) is 17.2. The van der Waals surface area contributed by atoms with Crippen LogP contribution in [0.25, 0.3) is 6.08 Å². The Morgan fingerprint density at radius 1 is 0.938 bits per heavy atom. The topological polar surface area (TPSA) is 0 Å². The minimum absolute atomic E-state index is 0.111. The molecule has 1 aromatic carbocycles. The van der Waals surface area contributed by atoms with Gasteiger partial charge in [-0.25, -0.2) is 0 Å². The molecule has 0 atom stereocenters. The zero-order chi connectivity index (χ0) is 12.8. The second-order valence-corrected chi connectivity index (χ2v) is 3.53. The van der Waals surface area contributed by atoms with Crippen LogP contribution in [-0.2, 0) is 0 Å². The summed E-state index contributed by atoms with van der Waals surface area (Å²) in [7, 11) is 0. The van der Waals surface area contributed by atoms with Crippen molar-refractivity contribution in [3.8, 4) is 0 Å². The number of hydrogen-bond donors (Lipinski definition) is 0. The average Bonchev–Trinajstić information content (AvgIpc) is 2.30. The van der Waals surface area contributed by atoms with Crippen LogP contribution in [0, 0.1) is 0 Å². The first-order valence-electron chi connectivity index (χ1n) is 4.49. The zero-order valence-electron chi connectivity index (χ0n) is 9.20. The molecule has 0 radical (unpaired) electrons. The van der Waals surface area contributed by atoms with Gasteiger partial charge in [-0.05, 0) is 5.56 Å². The minimum atomic E-state index is 0.111. The normalized spacial score (nSPS) is 7.12. The molecular formula is C14H16Cl2. The Balaban J connectivity index is 0. The van der Waals surface area contributed by atoms with Gasteiger partial charge in [0.15, 0.2) is 0 Å². The lowest BCUT2D eigenvalue weighted by Crippen LogP contribution is -1.63. The molecule has 0 amide bonds. The van der Waals surface area contributed by atoms with Crippen molar-refractivity contribution in [1.29, 1.82) is 0 Å². The summed E-state index contributed by atoms with van der Waals surface area (Å²) in [5.41, 5.74) is 1.17. The van der Waals surface area contributed by atoms with Gasteiger partial charge in [0.2, 0.25) is 0 Å². The van der Waals surface area contributed by atoms with Gasteiger partial charge in [0.1, 0.15) is 0 Å². The molecule has 0 aliphatic carbocycles. The minimum Gasteiger partial charge on any atom is -0.0991 e.